The molecule has 1 nitrogen and oxygen atoms in total. The Morgan fingerprint density at radius 2 is 2.30 bits per heavy atom. The van der Waals surface area contributed by atoms with Crippen molar-refractivity contribution in [1.29, 1.82) is 0 Å². The smallest absolute Gasteiger partial charge is 0.129 e. The second kappa shape index (κ2) is 2.20. The van der Waals surface area contributed by atoms with Gasteiger partial charge in [0.2, 0.25) is 0 Å². The number of rotatable bonds is 0. The van der Waals surface area contributed by atoms with Crippen LogP contribution in [0.1, 0.15) is 5.56 Å². The highest BCUT2D eigenvalue weighted by Gasteiger charge is 2.13. The molecular formula is C8H8OS. The fourth-order valence-electron chi connectivity index (χ4n) is 1.20. The van der Waals surface area contributed by atoms with E-state index in [1.165, 1.54) is 5.56 Å². The van der Waals surface area contributed by atoms with Crippen molar-refractivity contribution in [2.45, 2.75) is 11.3 Å². The molecule has 2 heteroatoms. The van der Waals surface area contributed by atoms with Crippen molar-refractivity contribution >= 4 is 11.8 Å². The van der Waals surface area contributed by atoms with Gasteiger partial charge in [0.15, 0.2) is 0 Å². The van der Waals surface area contributed by atoms with Gasteiger partial charge in [0.05, 0.1) is 4.90 Å². The summed E-state index contributed by atoms with van der Waals surface area (Å²) in [6.45, 7) is 0. The van der Waals surface area contributed by atoms with Crippen LogP contribution in [0.4, 0.5) is 0 Å². The first kappa shape index (κ1) is 6.10. The zero-order chi connectivity index (χ0) is 6.97. The largest absolute Gasteiger partial charge is 0.507 e. The van der Waals surface area contributed by atoms with Crippen LogP contribution >= 0.6 is 11.8 Å². The molecule has 2 rings (SSSR count). The van der Waals surface area contributed by atoms with Gasteiger partial charge in [-0.2, -0.15) is 0 Å². The summed E-state index contributed by atoms with van der Waals surface area (Å²) in [5.41, 5.74) is 1.30. The lowest BCUT2D eigenvalue weighted by molar-refractivity contribution is 0.462. The number of phenols is 1. The van der Waals surface area contributed by atoms with Crippen molar-refractivity contribution in [2.75, 3.05) is 5.75 Å². The summed E-state index contributed by atoms with van der Waals surface area (Å²) in [6.07, 6.45) is 1.11. The molecule has 1 aromatic rings. The minimum Gasteiger partial charge on any atom is -0.507 e. The molecule has 1 heterocycles. The average Bonchev–Trinajstić information content (AvgIpc) is 2.36. The minimum absolute atomic E-state index is 0.444. The second-order valence-corrected chi connectivity index (χ2v) is 3.47. The second-order valence-electron chi connectivity index (χ2n) is 2.36. The van der Waals surface area contributed by atoms with Gasteiger partial charge in [-0.3, -0.25) is 0 Å². The van der Waals surface area contributed by atoms with E-state index in [1.807, 2.05) is 6.07 Å². The summed E-state index contributed by atoms with van der Waals surface area (Å²) in [5, 5.41) is 9.31. The summed E-state index contributed by atoms with van der Waals surface area (Å²) in [4.78, 5) is 1.09. The third kappa shape index (κ3) is 0.797. The molecule has 1 aliphatic rings. The average molecular weight is 152 g/mol. The van der Waals surface area contributed by atoms with Crippen LogP contribution in [0.25, 0.3) is 0 Å². The topological polar surface area (TPSA) is 20.2 Å². The molecule has 52 valence electrons. The summed E-state index contributed by atoms with van der Waals surface area (Å²) in [7, 11) is 0. The van der Waals surface area contributed by atoms with Crippen molar-refractivity contribution in [1.82, 2.24) is 0 Å². The number of phenolic OH excluding ortho intramolecular Hbond substituents is 1. The Bertz CT molecular complexity index is 257. The molecule has 0 unspecified atom stereocenters. The number of hydrogen-bond donors (Lipinski definition) is 1. The van der Waals surface area contributed by atoms with Crippen molar-refractivity contribution in [3.8, 4) is 5.75 Å². The first-order valence-electron chi connectivity index (χ1n) is 3.31. The zero-order valence-electron chi connectivity index (χ0n) is 5.50. The molecule has 0 saturated carbocycles. The van der Waals surface area contributed by atoms with Crippen LogP contribution in [0.3, 0.4) is 0 Å². The number of aryl methyl sites for hydroxylation is 1. The molecule has 0 aliphatic carbocycles. The number of thioether (sulfide) groups is 1. The van der Waals surface area contributed by atoms with E-state index in [4.69, 9.17) is 0 Å². The van der Waals surface area contributed by atoms with E-state index in [1.54, 1.807) is 17.8 Å². The van der Waals surface area contributed by atoms with Gasteiger partial charge in [-0.25, -0.2) is 0 Å². The quantitative estimate of drug-likeness (QED) is 0.614. The maximum absolute atomic E-state index is 9.31. The van der Waals surface area contributed by atoms with E-state index in [2.05, 4.69) is 6.07 Å². The molecule has 1 N–H and O–H groups in total. The molecule has 10 heavy (non-hydrogen) atoms. The highest BCUT2D eigenvalue weighted by molar-refractivity contribution is 7.99. The Balaban J connectivity index is 2.59. The van der Waals surface area contributed by atoms with E-state index in [0.29, 0.717) is 5.75 Å². The standard InChI is InChI=1S/C8H8OS/c9-7-3-1-2-6-4-5-10-8(6)7/h1-3,9H,4-5H2. The minimum atomic E-state index is 0.444. The first-order chi connectivity index (χ1) is 4.88. The van der Waals surface area contributed by atoms with Crippen LogP contribution in [0.2, 0.25) is 0 Å². The molecule has 1 aliphatic heterocycles. The molecule has 0 atom stereocenters. The maximum Gasteiger partial charge on any atom is 0.129 e. The molecule has 0 aromatic heterocycles. The molecule has 0 radical (unpaired) electrons. The summed E-state index contributed by atoms with van der Waals surface area (Å²) >= 11 is 1.74. The lowest BCUT2D eigenvalue weighted by Gasteiger charge is -1.98. The molecule has 0 fully saturated rings. The first-order valence-corrected chi connectivity index (χ1v) is 4.30. The molecule has 0 amide bonds. The monoisotopic (exact) mass is 152 g/mol. The van der Waals surface area contributed by atoms with Gasteiger partial charge in [0.1, 0.15) is 5.75 Å². The predicted octanol–water partition coefficient (Wildman–Crippen LogP) is 2.04. The molecular weight excluding hydrogens is 144 g/mol. The fourth-order valence-corrected chi connectivity index (χ4v) is 2.30. The van der Waals surface area contributed by atoms with Crippen LogP contribution in [0, 0.1) is 0 Å². The van der Waals surface area contributed by atoms with Crippen LogP contribution in [0.5, 0.6) is 5.75 Å². The third-order valence-corrected chi connectivity index (χ3v) is 2.86. The van der Waals surface area contributed by atoms with Crippen molar-refractivity contribution in [3.05, 3.63) is 23.8 Å². The van der Waals surface area contributed by atoms with Gasteiger partial charge in [-0.1, -0.05) is 12.1 Å². The number of fused-ring (bicyclic) bond motifs is 1. The summed E-state index contributed by atoms with van der Waals surface area (Å²) in [5.74, 6) is 1.56. The molecule has 1 aromatic carbocycles. The van der Waals surface area contributed by atoms with Crippen LogP contribution < -0.4 is 0 Å². The number of aromatic hydroxyl groups is 1. The van der Waals surface area contributed by atoms with Gasteiger partial charge in [0.25, 0.3) is 0 Å². The van der Waals surface area contributed by atoms with E-state index >= 15 is 0 Å². The van der Waals surface area contributed by atoms with E-state index in [-0.39, 0.29) is 0 Å². The number of hydrogen-bond acceptors (Lipinski definition) is 2. The molecule has 0 spiro atoms. The zero-order valence-corrected chi connectivity index (χ0v) is 6.32. The van der Waals surface area contributed by atoms with Crippen LogP contribution in [-0.4, -0.2) is 10.9 Å². The Kier molecular flexibility index (Phi) is 1.34. The van der Waals surface area contributed by atoms with Crippen molar-refractivity contribution < 1.29 is 5.11 Å². The van der Waals surface area contributed by atoms with Gasteiger partial charge in [-0.15, -0.1) is 11.8 Å². The lowest BCUT2D eigenvalue weighted by Crippen LogP contribution is -1.78. The SMILES string of the molecule is Oc1cccc2c1SCC2. The Morgan fingerprint density at radius 3 is 3.10 bits per heavy atom. The number of benzene rings is 1. The lowest BCUT2D eigenvalue weighted by atomic mass is 10.2. The Hall–Kier alpha value is -0.630. The Morgan fingerprint density at radius 1 is 1.40 bits per heavy atom. The van der Waals surface area contributed by atoms with Crippen molar-refractivity contribution in [3.63, 3.8) is 0 Å². The Labute approximate surface area is 64.1 Å². The van der Waals surface area contributed by atoms with Crippen molar-refractivity contribution in [2.24, 2.45) is 0 Å². The van der Waals surface area contributed by atoms with Crippen LogP contribution in [-0.2, 0) is 6.42 Å². The highest BCUT2D eigenvalue weighted by Crippen LogP contribution is 2.37. The predicted molar refractivity (Wildman–Crippen MR) is 42.5 cm³/mol. The van der Waals surface area contributed by atoms with Gasteiger partial charge < -0.3 is 5.11 Å². The van der Waals surface area contributed by atoms with Crippen LogP contribution in [0.15, 0.2) is 23.1 Å². The van der Waals surface area contributed by atoms with Gasteiger partial charge in [0, 0.05) is 5.75 Å². The van der Waals surface area contributed by atoms with E-state index in [0.717, 1.165) is 17.1 Å². The van der Waals surface area contributed by atoms with Gasteiger partial charge >= 0.3 is 0 Å². The van der Waals surface area contributed by atoms with E-state index in [9.17, 15) is 5.11 Å². The third-order valence-electron chi connectivity index (χ3n) is 1.69. The normalized spacial score (nSPS) is 15.2. The van der Waals surface area contributed by atoms with E-state index < -0.39 is 0 Å². The maximum atomic E-state index is 9.31. The summed E-state index contributed by atoms with van der Waals surface area (Å²) in [6, 6.07) is 5.73. The van der Waals surface area contributed by atoms with Gasteiger partial charge in [-0.05, 0) is 18.1 Å². The fraction of sp³-hybridized carbons (Fsp3) is 0.250. The summed E-state index contributed by atoms with van der Waals surface area (Å²) < 4.78 is 0. The molecule has 0 saturated heterocycles. The highest BCUT2D eigenvalue weighted by atomic mass is 32.2. The molecule has 0 bridgehead atoms.